The van der Waals surface area contributed by atoms with E-state index in [4.69, 9.17) is 5.73 Å². The zero-order chi connectivity index (χ0) is 12.4. The Balaban J connectivity index is 0.00000162. The molecule has 6 heteroatoms. The van der Waals surface area contributed by atoms with Crippen LogP contribution in [-0.2, 0) is 4.79 Å². The Labute approximate surface area is 128 Å². The van der Waals surface area contributed by atoms with Crippen LogP contribution in [0.15, 0.2) is 0 Å². The highest BCUT2D eigenvalue weighted by molar-refractivity contribution is 5.85. The first-order valence-corrected chi connectivity index (χ1v) is 6.88. The summed E-state index contributed by atoms with van der Waals surface area (Å²) in [6.07, 6.45) is 4.89. The molecule has 1 aliphatic heterocycles. The summed E-state index contributed by atoms with van der Waals surface area (Å²) in [5.41, 5.74) is 5.84. The van der Waals surface area contributed by atoms with Gasteiger partial charge in [0.2, 0.25) is 5.91 Å². The molecule has 2 fully saturated rings. The zero-order valence-electron chi connectivity index (χ0n) is 11.8. The molecule has 0 aromatic carbocycles. The lowest BCUT2D eigenvalue weighted by atomic mass is 10.0. The van der Waals surface area contributed by atoms with Crippen LogP contribution in [0.3, 0.4) is 0 Å². The van der Waals surface area contributed by atoms with Crippen LogP contribution in [-0.4, -0.2) is 42.0 Å². The lowest BCUT2D eigenvalue weighted by molar-refractivity contribution is -0.124. The highest BCUT2D eigenvalue weighted by atomic mass is 35.5. The Kier molecular flexibility index (Phi) is 8.29. The first-order valence-electron chi connectivity index (χ1n) is 6.88. The molecular formula is C13H27Cl2N3O. The van der Waals surface area contributed by atoms with E-state index in [9.17, 15) is 4.79 Å². The highest BCUT2D eigenvalue weighted by Crippen LogP contribution is 2.29. The summed E-state index contributed by atoms with van der Waals surface area (Å²) in [6.45, 7) is 6.24. The highest BCUT2D eigenvalue weighted by Gasteiger charge is 2.32. The average Bonchev–Trinajstić information content (AvgIpc) is 3.12. The van der Waals surface area contributed by atoms with Gasteiger partial charge < -0.3 is 16.0 Å². The molecule has 1 saturated heterocycles. The molecule has 0 aromatic rings. The second-order valence-electron chi connectivity index (χ2n) is 5.82. The topological polar surface area (TPSA) is 58.4 Å². The van der Waals surface area contributed by atoms with E-state index in [2.05, 4.69) is 10.2 Å². The minimum atomic E-state index is -0.364. The summed E-state index contributed by atoms with van der Waals surface area (Å²) < 4.78 is 0. The molecule has 2 rings (SSSR count). The predicted octanol–water partition coefficient (Wildman–Crippen LogP) is 1.56. The van der Waals surface area contributed by atoms with Gasteiger partial charge in [0.15, 0.2) is 0 Å². The number of hydrogen-bond acceptors (Lipinski definition) is 3. The third-order valence-corrected chi connectivity index (χ3v) is 3.96. The molecule has 1 amide bonds. The zero-order valence-corrected chi connectivity index (χ0v) is 13.4. The molecule has 19 heavy (non-hydrogen) atoms. The summed E-state index contributed by atoms with van der Waals surface area (Å²) in [4.78, 5) is 14.4. The van der Waals surface area contributed by atoms with Gasteiger partial charge in [0.25, 0.3) is 0 Å². The normalized spacial score (nSPS) is 22.3. The first kappa shape index (κ1) is 19.0. The molecule has 114 valence electrons. The Bertz CT molecular complexity index is 277. The van der Waals surface area contributed by atoms with Crippen molar-refractivity contribution in [2.75, 3.05) is 13.1 Å². The molecule has 1 heterocycles. The summed E-state index contributed by atoms with van der Waals surface area (Å²) in [5.74, 6) is 0.228. The van der Waals surface area contributed by atoms with Gasteiger partial charge in [-0.1, -0.05) is 13.8 Å². The number of nitrogens with zero attached hydrogens (tertiary/aromatic N) is 1. The van der Waals surface area contributed by atoms with E-state index in [1.807, 2.05) is 13.8 Å². The minimum Gasteiger partial charge on any atom is -0.352 e. The Hall–Kier alpha value is -0.0300. The van der Waals surface area contributed by atoms with Crippen LogP contribution in [0.25, 0.3) is 0 Å². The number of nitrogens with one attached hydrogen (secondary N) is 1. The lowest BCUT2D eigenvalue weighted by Crippen LogP contribution is -2.51. The second-order valence-corrected chi connectivity index (χ2v) is 5.82. The number of piperidine rings is 1. The molecule has 1 atom stereocenters. The van der Waals surface area contributed by atoms with E-state index in [-0.39, 0.29) is 42.7 Å². The quantitative estimate of drug-likeness (QED) is 0.828. The fourth-order valence-electron chi connectivity index (χ4n) is 2.45. The fourth-order valence-corrected chi connectivity index (χ4v) is 2.45. The maximum absolute atomic E-state index is 11.8. The van der Waals surface area contributed by atoms with E-state index in [0.29, 0.717) is 6.04 Å². The number of hydrogen-bond donors (Lipinski definition) is 2. The van der Waals surface area contributed by atoms with Gasteiger partial charge in [0.05, 0.1) is 6.04 Å². The van der Waals surface area contributed by atoms with Crippen LogP contribution in [0, 0.1) is 5.92 Å². The van der Waals surface area contributed by atoms with E-state index >= 15 is 0 Å². The molecular weight excluding hydrogens is 285 g/mol. The minimum absolute atomic E-state index is 0. The number of likely N-dealkylation sites (tertiary alicyclic amines) is 1. The largest absolute Gasteiger partial charge is 0.352 e. The van der Waals surface area contributed by atoms with Crippen LogP contribution >= 0.6 is 24.8 Å². The van der Waals surface area contributed by atoms with Gasteiger partial charge in [-0.15, -0.1) is 24.8 Å². The monoisotopic (exact) mass is 311 g/mol. The number of carbonyl (C=O) groups excluding carboxylic acids is 1. The van der Waals surface area contributed by atoms with E-state index in [0.717, 1.165) is 32.0 Å². The van der Waals surface area contributed by atoms with Crippen molar-refractivity contribution >= 4 is 30.7 Å². The van der Waals surface area contributed by atoms with Crippen molar-refractivity contribution in [3.63, 3.8) is 0 Å². The van der Waals surface area contributed by atoms with E-state index in [1.54, 1.807) is 0 Å². The summed E-state index contributed by atoms with van der Waals surface area (Å²) in [5, 5.41) is 3.09. The molecule has 0 spiro atoms. The van der Waals surface area contributed by atoms with Crippen molar-refractivity contribution in [2.45, 2.75) is 57.7 Å². The molecule has 4 nitrogen and oxygen atoms in total. The Morgan fingerprint density at radius 1 is 1.16 bits per heavy atom. The number of halogens is 2. The van der Waals surface area contributed by atoms with Gasteiger partial charge in [-0.2, -0.15) is 0 Å². The lowest BCUT2D eigenvalue weighted by Gasteiger charge is -2.33. The standard InChI is InChI=1S/C13H25N3O.2ClH/c1-9(2)12(14)13(17)15-10-5-7-16(8-6-10)11-3-4-11;;/h9-12H,3-8,14H2,1-2H3,(H,15,17);2*1H. The number of rotatable bonds is 4. The number of nitrogens with two attached hydrogens (primary N) is 1. The van der Waals surface area contributed by atoms with Crippen molar-refractivity contribution < 1.29 is 4.79 Å². The van der Waals surface area contributed by atoms with Crippen molar-refractivity contribution in [3.05, 3.63) is 0 Å². The van der Waals surface area contributed by atoms with Gasteiger partial charge >= 0.3 is 0 Å². The van der Waals surface area contributed by atoms with Gasteiger partial charge in [-0.05, 0) is 31.6 Å². The molecule has 1 aliphatic carbocycles. The molecule has 2 aliphatic rings. The van der Waals surface area contributed by atoms with Crippen molar-refractivity contribution in [1.82, 2.24) is 10.2 Å². The molecule has 1 saturated carbocycles. The van der Waals surface area contributed by atoms with Crippen LogP contribution in [0.1, 0.15) is 39.5 Å². The SMILES string of the molecule is CC(C)C(N)C(=O)NC1CCN(C2CC2)CC1.Cl.Cl. The summed E-state index contributed by atoms with van der Waals surface area (Å²) >= 11 is 0. The summed E-state index contributed by atoms with van der Waals surface area (Å²) in [7, 11) is 0. The predicted molar refractivity (Wildman–Crippen MR) is 83.1 cm³/mol. The maximum Gasteiger partial charge on any atom is 0.237 e. The van der Waals surface area contributed by atoms with E-state index < -0.39 is 0 Å². The van der Waals surface area contributed by atoms with Crippen LogP contribution in [0.5, 0.6) is 0 Å². The fraction of sp³-hybridized carbons (Fsp3) is 0.923. The molecule has 0 radical (unpaired) electrons. The summed E-state index contributed by atoms with van der Waals surface area (Å²) in [6, 6.07) is 0.823. The molecule has 3 N–H and O–H groups in total. The third-order valence-electron chi connectivity index (χ3n) is 3.96. The van der Waals surface area contributed by atoms with Gasteiger partial charge in [-0.25, -0.2) is 0 Å². The van der Waals surface area contributed by atoms with Gasteiger partial charge in [0, 0.05) is 25.2 Å². The number of amides is 1. The van der Waals surface area contributed by atoms with E-state index in [1.165, 1.54) is 12.8 Å². The smallest absolute Gasteiger partial charge is 0.237 e. The van der Waals surface area contributed by atoms with Crippen molar-refractivity contribution in [1.29, 1.82) is 0 Å². The maximum atomic E-state index is 11.8. The number of carbonyl (C=O) groups is 1. The Morgan fingerprint density at radius 2 is 1.68 bits per heavy atom. The van der Waals surface area contributed by atoms with Crippen LogP contribution in [0.4, 0.5) is 0 Å². The van der Waals surface area contributed by atoms with Crippen LogP contribution < -0.4 is 11.1 Å². The Morgan fingerprint density at radius 3 is 2.11 bits per heavy atom. The second kappa shape index (κ2) is 8.30. The van der Waals surface area contributed by atoms with Gasteiger partial charge in [0.1, 0.15) is 0 Å². The van der Waals surface area contributed by atoms with Gasteiger partial charge in [-0.3, -0.25) is 4.79 Å². The third kappa shape index (κ3) is 5.46. The average molecular weight is 312 g/mol. The molecule has 0 bridgehead atoms. The molecule has 0 aromatic heterocycles. The van der Waals surface area contributed by atoms with Crippen molar-refractivity contribution in [2.24, 2.45) is 11.7 Å². The van der Waals surface area contributed by atoms with Crippen LogP contribution in [0.2, 0.25) is 0 Å². The van der Waals surface area contributed by atoms with Crippen molar-refractivity contribution in [3.8, 4) is 0 Å². The molecule has 1 unspecified atom stereocenters. The first-order chi connectivity index (χ1) is 8.08.